The van der Waals surface area contributed by atoms with Crippen LogP contribution in [0.5, 0.6) is 0 Å². The largest absolute Gasteiger partial charge is 0.361 e. The number of rotatable bonds is 4. The molecule has 1 aromatic heterocycles. The summed E-state index contributed by atoms with van der Waals surface area (Å²) in [5.74, 6) is 0. The molecule has 4 heteroatoms. The molecule has 1 radical (unpaired) electrons. The van der Waals surface area contributed by atoms with Gasteiger partial charge < -0.3 is 4.98 Å². The minimum atomic E-state index is 0.400. The number of hydrogen-bond acceptors (Lipinski definition) is 2. The number of hydrogen-bond donors (Lipinski definition) is 1. The van der Waals surface area contributed by atoms with Crippen LogP contribution in [0.15, 0.2) is 24.4 Å². The van der Waals surface area contributed by atoms with E-state index in [0.717, 1.165) is 19.1 Å². The number of benzene rings is 1. The second kappa shape index (κ2) is 7.34. The lowest BCUT2D eigenvalue weighted by molar-refractivity contribution is 0.0589. The molecule has 4 nitrogen and oxygen atoms in total. The molecule has 0 spiro atoms. The molecule has 0 bridgehead atoms. The van der Waals surface area contributed by atoms with Crippen LogP contribution in [0.1, 0.15) is 55.7 Å². The van der Waals surface area contributed by atoms with Crippen LogP contribution in [0.2, 0.25) is 0 Å². The van der Waals surface area contributed by atoms with Crippen molar-refractivity contribution in [2.75, 3.05) is 32.7 Å². The average molecular weight is 352 g/mol. The fourth-order valence-electron chi connectivity index (χ4n) is 5.01. The van der Waals surface area contributed by atoms with Gasteiger partial charge in [-0.2, -0.15) is 0 Å². The Morgan fingerprint density at radius 2 is 1.88 bits per heavy atom. The van der Waals surface area contributed by atoms with Crippen LogP contribution in [0.4, 0.5) is 0 Å². The van der Waals surface area contributed by atoms with Crippen molar-refractivity contribution in [2.24, 2.45) is 0 Å². The summed E-state index contributed by atoms with van der Waals surface area (Å²) < 4.78 is 0. The van der Waals surface area contributed by atoms with Crippen molar-refractivity contribution < 1.29 is 0 Å². The van der Waals surface area contributed by atoms with E-state index in [1.165, 1.54) is 86.7 Å². The first-order valence-electron chi connectivity index (χ1n) is 10.6. The first kappa shape index (κ1) is 16.8. The molecule has 1 N–H and O–H groups in total. The van der Waals surface area contributed by atoms with Crippen molar-refractivity contribution in [2.45, 2.75) is 57.2 Å². The van der Waals surface area contributed by atoms with Gasteiger partial charge in [0.15, 0.2) is 0 Å². The van der Waals surface area contributed by atoms with E-state index in [9.17, 15) is 0 Å². The van der Waals surface area contributed by atoms with Crippen LogP contribution in [0, 0.1) is 0 Å². The number of aromatic nitrogens is 1. The van der Waals surface area contributed by atoms with Crippen LogP contribution >= 0.6 is 0 Å². The Labute approximate surface area is 156 Å². The third-order valence-electron chi connectivity index (χ3n) is 6.81. The predicted molar refractivity (Wildman–Crippen MR) is 106 cm³/mol. The van der Waals surface area contributed by atoms with Gasteiger partial charge in [-0.1, -0.05) is 25.0 Å². The molecule has 26 heavy (non-hydrogen) atoms. The molecular formula is C22H31N4. The second-order valence-corrected chi connectivity index (χ2v) is 8.40. The molecule has 3 fully saturated rings. The Morgan fingerprint density at radius 1 is 1.00 bits per heavy atom. The summed E-state index contributed by atoms with van der Waals surface area (Å²) in [5.41, 5.74) is 4.20. The predicted octanol–water partition coefficient (Wildman–Crippen LogP) is 3.67. The van der Waals surface area contributed by atoms with Gasteiger partial charge in [0.1, 0.15) is 0 Å². The minimum absolute atomic E-state index is 0.400. The topological polar surface area (TPSA) is 36.4 Å². The highest BCUT2D eigenvalue weighted by atomic mass is 15.3. The van der Waals surface area contributed by atoms with Crippen LogP contribution < -0.4 is 5.32 Å². The zero-order valence-electron chi connectivity index (χ0n) is 15.8. The van der Waals surface area contributed by atoms with Crippen molar-refractivity contribution in [3.63, 3.8) is 0 Å². The molecule has 0 amide bonds. The third-order valence-corrected chi connectivity index (χ3v) is 6.81. The molecule has 1 saturated carbocycles. The van der Waals surface area contributed by atoms with Gasteiger partial charge in [0.25, 0.3) is 0 Å². The van der Waals surface area contributed by atoms with Crippen LogP contribution in [0.3, 0.4) is 0 Å². The summed E-state index contributed by atoms with van der Waals surface area (Å²) in [6.45, 7) is 7.01. The summed E-state index contributed by atoms with van der Waals surface area (Å²) >= 11 is 0. The lowest BCUT2D eigenvalue weighted by Gasteiger charge is -2.43. The van der Waals surface area contributed by atoms with Crippen molar-refractivity contribution in [1.82, 2.24) is 20.1 Å². The van der Waals surface area contributed by atoms with Gasteiger partial charge in [-0.25, -0.2) is 5.32 Å². The number of piperidine rings is 1. The van der Waals surface area contributed by atoms with E-state index in [4.69, 9.17) is 5.32 Å². The Hall–Kier alpha value is -1.36. The molecule has 3 aliphatic rings. The van der Waals surface area contributed by atoms with Crippen LogP contribution in [0.25, 0.3) is 10.9 Å². The standard InChI is InChI=1S/C22H31N4/c1-2-10-23-20(8-1)19-7-4-9-21-22(19)17(15-24-21)16-25-11-13-26(14-12-25)18-5-3-6-18/h4,7,9,15,18,20,24H,1-3,5-6,8,10-14,16H2. The van der Waals surface area contributed by atoms with Gasteiger partial charge in [0, 0.05) is 62.4 Å². The van der Waals surface area contributed by atoms with E-state index in [1.54, 1.807) is 0 Å². The third kappa shape index (κ3) is 3.19. The Kier molecular flexibility index (Phi) is 4.74. The molecule has 5 rings (SSSR count). The number of fused-ring (bicyclic) bond motifs is 1. The number of nitrogens with one attached hydrogen (secondary N) is 1. The first-order chi connectivity index (χ1) is 12.9. The van der Waals surface area contributed by atoms with E-state index >= 15 is 0 Å². The molecule has 2 saturated heterocycles. The van der Waals surface area contributed by atoms with Gasteiger partial charge in [-0.15, -0.1) is 0 Å². The van der Waals surface area contributed by atoms with Gasteiger partial charge in [-0.3, -0.25) is 9.80 Å². The Balaban J connectivity index is 1.32. The molecule has 139 valence electrons. The minimum Gasteiger partial charge on any atom is -0.361 e. The lowest BCUT2D eigenvalue weighted by Crippen LogP contribution is -2.51. The number of piperazine rings is 1. The van der Waals surface area contributed by atoms with Crippen LogP contribution in [-0.4, -0.2) is 53.5 Å². The van der Waals surface area contributed by atoms with Gasteiger partial charge in [0.2, 0.25) is 0 Å². The molecule has 1 unspecified atom stereocenters. The van der Waals surface area contributed by atoms with Crippen molar-refractivity contribution in [3.05, 3.63) is 35.5 Å². The van der Waals surface area contributed by atoms with Gasteiger partial charge in [-0.05, 0) is 42.9 Å². The zero-order valence-corrected chi connectivity index (χ0v) is 15.8. The van der Waals surface area contributed by atoms with Crippen molar-refractivity contribution in [1.29, 1.82) is 0 Å². The summed E-state index contributed by atoms with van der Waals surface area (Å²) in [7, 11) is 0. The van der Waals surface area contributed by atoms with E-state index in [1.807, 2.05) is 0 Å². The van der Waals surface area contributed by atoms with E-state index < -0.39 is 0 Å². The van der Waals surface area contributed by atoms with Crippen LogP contribution in [-0.2, 0) is 6.54 Å². The SMILES string of the molecule is c1cc(C2CCCC[N]2)c2c(CN3CCN(C4CCC4)CC3)c[nH]c2c1. The van der Waals surface area contributed by atoms with Crippen molar-refractivity contribution in [3.8, 4) is 0 Å². The number of aromatic amines is 1. The molecule has 1 aromatic carbocycles. The summed E-state index contributed by atoms with van der Waals surface area (Å²) in [5, 5.41) is 6.38. The average Bonchev–Trinajstić information content (AvgIpc) is 3.06. The maximum Gasteiger partial charge on any atom is 0.0502 e. The monoisotopic (exact) mass is 351 g/mol. The maximum atomic E-state index is 4.93. The zero-order chi connectivity index (χ0) is 17.3. The fraction of sp³-hybridized carbons (Fsp3) is 0.636. The molecule has 2 aromatic rings. The molecule has 1 atom stereocenters. The van der Waals surface area contributed by atoms with E-state index in [2.05, 4.69) is 39.2 Å². The quantitative estimate of drug-likeness (QED) is 0.912. The molecular weight excluding hydrogens is 320 g/mol. The normalized spacial score (nSPS) is 26.2. The maximum absolute atomic E-state index is 4.93. The Morgan fingerprint density at radius 3 is 2.62 bits per heavy atom. The fourth-order valence-corrected chi connectivity index (χ4v) is 5.01. The number of H-pyrrole nitrogens is 1. The molecule has 1 aliphatic carbocycles. The lowest BCUT2D eigenvalue weighted by atomic mass is 9.91. The summed E-state index contributed by atoms with van der Waals surface area (Å²) in [6.07, 6.45) is 10.3. The highest BCUT2D eigenvalue weighted by molar-refractivity contribution is 5.87. The second-order valence-electron chi connectivity index (χ2n) is 8.40. The van der Waals surface area contributed by atoms with Gasteiger partial charge >= 0.3 is 0 Å². The first-order valence-corrected chi connectivity index (χ1v) is 10.6. The summed E-state index contributed by atoms with van der Waals surface area (Å²) in [4.78, 5) is 8.89. The smallest absolute Gasteiger partial charge is 0.0502 e. The Bertz CT molecular complexity index is 734. The number of nitrogens with zero attached hydrogens (tertiary/aromatic N) is 3. The molecule has 2 aliphatic heterocycles. The van der Waals surface area contributed by atoms with Gasteiger partial charge in [0.05, 0.1) is 6.04 Å². The molecule has 3 heterocycles. The van der Waals surface area contributed by atoms with E-state index in [-0.39, 0.29) is 0 Å². The highest BCUT2D eigenvalue weighted by Crippen LogP contribution is 2.33. The van der Waals surface area contributed by atoms with Crippen molar-refractivity contribution >= 4 is 10.9 Å². The summed E-state index contributed by atoms with van der Waals surface area (Å²) in [6, 6.07) is 8.02. The highest BCUT2D eigenvalue weighted by Gasteiger charge is 2.28. The van der Waals surface area contributed by atoms with E-state index in [0.29, 0.717) is 6.04 Å².